The highest BCUT2D eigenvalue weighted by Crippen LogP contribution is 2.24. The molecule has 0 aliphatic carbocycles. The third-order valence-electron chi connectivity index (χ3n) is 7.92. The highest BCUT2D eigenvalue weighted by atomic mass is 16.5. The van der Waals surface area contributed by atoms with Crippen molar-refractivity contribution in [3.63, 3.8) is 0 Å². The van der Waals surface area contributed by atoms with E-state index in [1.165, 1.54) is 11.8 Å². The Bertz CT molecular complexity index is 955. The van der Waals surface area contributed by atoms with Gasteiger partial charge in [-0.05, 0) is 38.0 Å². The number of carbonyl (C=O) groups excluding carboxylic acids is 6. The summed E-state index contributed by atoms with van der Waals surface area (Å²) in [5.41, 5.74) is 0. The molecule has 12 heteroatoms. The second-order valence-corrected chi connectivity index (χ2v) is 11.4. The molecule has 0 unspecified atom stereocenters. The fourth-order valence-electron chi connectivity index (χ4n) is 4.83. The number of amides is 5. The molecule has 5 amide bonds. The van der Waals surface area contributed by atoms with E-state index < -0.39 is 65.8 Å². The molecule has 2 fully saturated rings. The standard InChI is InChI=1S/C28H47N5O7/c1-8-16(5)22-27(38)31-21(15(3)4)26(37)30-18(7)24(35)29-13-12-20(34)40-23(17(6)9-2)28(39)33-14-10-11-19(33)25(36)32-22/h15-19,21-23H,8-14H2,1-7H3,(H,29,35)(H,30,37)(H,31,38)(H,32,36)/t16-,17-,18-,19-,21+,22-,23-/m1/s1. The zero-order valence-corrected chi connectivity index (χ0v) is 24.9. The first-order valence-corrected chi connectivity index (χ1v) is 14.5. The predicted octanol–water partition coefficient (Wildman–Crippen LogP) is 0.632. The average molecular weight is 566 g/mol. The van der Waals surface area contributed by atoms with Crippen molar-refractivity contribution in [2.75, 3.05) is 13.1 Å². The zero-order chi connectivity index (χ0) is 30.1. The lowest BCUT2D eigenvalue weighted by Gasteiger charge is -2.32. The number of cyclic esters (lactones) is 1. The summed E-state index contributed by atoms with van der Waals surface area (Å²) in [4.78, 5) is 80.3. The van der Waals surface area contributed by atoms with Gasteiger partial charge in [0.2, 0.25) is 23.6 Å². The first-order valence-electron chi connectivity index (χ1n) is 14.5. The monoisotopic (exact) mass is 565 g/mol. The molecule has 0 radical (unpaired) electrons. The Balaban J connectivity index is 2.45. The van der Waals surface area contributed by atoms with E-state index in [4.69, 9.17) is 4.74 Å². The molecule has 0 aromatic rings. The normalized spacial score (nSPS) is 29.6. The van der Waals surface area contributed by atoms with Crippen LogP contribution in [0, 0.1) is 17.8 Å². The summed E-state index contributed by atoms with van der Waals surface area (Å²) in [6.07, 6.45) is 0.891. The minimum atomic E-state index is -1.08. The zero-order valence-electron chi connectivity index (χ0n) is 24.9. The summed E-state index contributed by atoms with van der Waals surface area (Å²) in [7, 11) is 0. The smallest absolute Gasteiger partial charge is 0.308 e. The summed E-state index contributed by atoms with van der Waals surface area (Å²) < 4.78 is 5.59. The van der Waals surface area contributed by atoms with Gasteiger partial charge in [0.15, 0.2) is 6.10 Å². The Hall–Kier alpha value is -3.18. The van der Waals surface area contributed by atoms with Crippen LogP contribution in [-0.2, 0) is 33.5 Å². The lowest BCUT2D eigenvalue weighted by molar-refractivity contribution is -0.165. The van der Waals surface area contributed by atoms with Crippen molar-refractivity contribution >= 4 is 35.5 Å². The third kappa shape index (κ3) is 8.41. The molecule has 40 heavy (non-hydrogen) atoms. The molecule has 2 saturated heterocycles. The van der Waals surface area contributed by atoms with Crippen molar-refractivity contribution < 1.29 is 33.5 Å². The molecule has 4 N–H and O–H groups in total. The van der Waals surface area contributed by atoms with Crippen LogP contribution >= 0.6 is 0 Å². The fourth-order valence-corrected chi connectivity index (χ4v) is 4.83. The molecular formula is C28H47N5O7. The quantitative estimate of drug-likeness (QED) is 0.355. The van der Waals surface area contributed by atoms with Crippen LogP contribution in [0.3, 0.4) is 0 Å². The Morgan fingerprint density at radius 2 is 1.43 bits per heavy atom. The second-order valence-electron chi connectivity index (χ2n) is 11.4. The molecule has 226 valence electrons. The van der Waals surface area contributed by atoms with Crippen LogP contribution in [0.1, 0.15) is 80.6 Å². The highest BCUT2D eigenvalue weighted by Gasteiger charge is 2.42. The maximum atomic E-state index is 13.6. The van der Waals surface area contributed by atoms with Crippen molar-refractivity contribution in [1.29, 1.82) is 0 Å². The van der Waals surface area contributed by atoms with Gasteiger partial charge in [-0.25, -0.2) is 0 Å². The molecule has 2 aliphatic rings. The number of carbonyl (C=O) groups is 6. The van der Waals surface area contributed by atoms with Crippen LogP contribution in [0.15, 0.2) is 0 Å². The number of rotatable bonds is 5. The molecule has 0 aromatic heterocycles. The van der Waals surface area contributed by atoms with Crippen LogP contribution < -0.4 is 21.3 Å². The van der Waals surface area contributed by atoms with Gasteiger partial charge in [0.1, 0.15) is 24.2 Å². The molecule has 12 nitrogen and oxygen atoms in total. The number of fused-ring (bicyclic) bond motifs is 1. The van der Waals surface area contributed by atoms with E-state index >= 15 is 0 Å². The van der Waals surface area contributed by atoms with Crippen molar-refractivity contribution in [1.82, 2.24) is 26.2 Å². The Kier molecular flexibility index (Phi) is 12.4. The minimum absolute atomic E-state index is 0.0467. The van der Waals surface area contributed by atoms with Gasteiger partial charge in [0, 0.05) is 19.0 Å². The summed E-state index contributed by atoms with van der Waals surface area (Å²) >= 11 is 0. The lowest BCUT2D eigenvalue weighted by Crippen LogP contribution is -2.60. The van der Waals surface area contributed by atoms with Crippen LogP contribution in [0.4, 0.5) is 0 Å². The van der Waals surface area contributed by atoms with Crippen LogP contribution in [0.5, 0.6) is 0 Å². The van der Waals surface area contributed by atoms with Gasteiger partial charge in [-0.1, -0.05) is 48.0 Å². The van der Waals surface area contributed by atoms with Crippen molar-refractivity contribution in [3.05, 3.63) is 0 Å². The Morgan fingerprint density at radius 3 is 2.02 bits per heavy atom. The van der Waals surface area contributed by atoms with Crippen LogP contribution in [0.2, 0.25) is 0 Å². The summed E-state index contributed by atoms with van der Waals surface area (Å²) in [5.74, 6) is -4.01. The number of esters is 1. The van der Waals surface area contributed by atoms with E-state index in [9.17, 15) is 28.8 Å². The van der Waals surface area contributed by atoms with Crippen LogP contribution in [-0.4, -0.2) is 83.8 Å². The number of hydrogen-bond donors (Lipinski definition) is 4. The molecular weight excluding hydrogens is 518 g/mol. The van der Waals surface area contributed by atoms with E-state index in [0.29, 0.717) is 32.2 Å². The van der Waals surface area contributed by atoms with E-state index in [-0.39, 0.29) is 30.7 Å². The predicted molar refractivity (Wildman–Crippen MR) is 147 cm³/mol. The topological polar surface area (TPSA) is 163 Å². The molecule has 0 bridgehead atoms. The fraction of sp³-hybridized carbons (Fsp3) is 0.786. The average Bonchev–Trinajstić information content (AvgIpc) is 3.41. The van der Waals surface area contributed by atoms with E-state index in [1.807, 2.05) is 20.8 Å². The van der Waals surface area contributed by atoms with Gasteiger partial charge in [-0.15, -0.1) is 0 Å². The third-order valence-corrected chi connectivity index (χ3v) is 7.92. The molecule has 0 saturated carbocycles. The molecule has 0 spiro atoms. The molecule has 2 rings (SSSR count). The van der Waals surface area contributed by atoms with Gasteiger partial charge in [-0.3, -0.25) is 28.8 Å². The minimum Gasteiger partial charge on any atom is -0.452 e. The van der Waals surface area contributed by atoms with Crippen molar-refractivity contribution in [3.8, 4) is 0 Å². The van der Waals surface area contributed by atoms with Gasteiger partial charge in [0.25, 0.3) is 5.91 Å². The first-order chi connectivity index (χ1) is 18.8. The number of hydrogen-bond acceptors (Lipinski definition) is 7. The summed E-state index contributed by atoms with van der Waals surface area (Å²) in [6, 6.07) is -3.65. The maximum Gasteiger partial charge on any atom is 0.308 e. The van der Waals surface area contributed by atoms with E-state index in [2.05, 4.69) is 21.3 Å². The van der Waals surface area contributed by atoms with E-state index in [0.717, 1.165) is 0 Å². The Morgan fingerprint density at radius 1 is 0.825 bits per heavy atom. The number of ether oxygens (including phenoxy) is 1. The van der Waals surface area contributed by atoms with Gasteiger partial charge < -0.3 is 30.9 Å². The largest absolute Gasteiger partial charge is 0.452 e. The van der Waals surface area contributed by atoms with Gasteiger partial charge in [0.05, 0.1) is 6.42 Å². The van der Waals surface area contributed by atoms with E-state index in [1.54, 1.807) is 20.8 Å². The Labute approximate surface area is 237 Å². The summed E-state index contributed by atoms with van der Waals surface area (Å²) in [5, 5.41) is 10.8. The van der Waals surface area contributed by atoms with Crippen LogP contribution in [0.25, 0.3) is 0 Å². The van der Waals surface area contributed by atoms with Gasteiger partial charge >= 0.3 is 5.97 Å². The SMILES string of the molecule is CC[C@@H](C)[C@H]1NC(=O)[C@H]2CCCN2C(=O)[C@@H]([C@H](C)CC)OC(=O)CCNC(=O)[C@@H](C)NC(=O)[C@H](C(C)C)NC1=O. The summed E-state index contributed by atoms with van der Waals surface area (Å²) in [6.45, 7) is 12.7. The van der Waals surface area contributed by atoms with Crippen molar-refractivity contribution in [2.45, 2.75) is 111 Å². The second kappa shape index (κ2) is 15.0. The molecule has 0 aromatic carbocycles. The lowest BCUT2D eigenvalue weighted by atomic mass is 9.95. The molecule has 7 atom stereocenters. The number of nitrogens with one attached hydrogen (secondary N) is 4. The molecule has 2 aliphatic heterocycles. The first kappa shape index (κ1) is 33.0. The van der Waals surface area contributed by atoms with Gasteiger partial charge in [-0.2, -0.15) is 0 Å². The number of nitrogens with zero attached hydrogens (tertiary/aromatic N) is 1. The molecule has 2 heterocycles. The van der Waals surface area contributed by atoms with Crippen molar-refractivity contribution in [2.24, 2.45) is 17.8 Å². The highest BCUT2D eigenvalue weighted by molar-refractivity contribution is 5.96. The maximum absolute atomic E-state index is 13.6.